The molecule has 2 amide bonds. The van der Waals surface area contributed by atoms with Gasteiger partial charge in [-0.1, -0.05) is 52.3 Å². The third kappa shape index (κ3) is 6.05. The van der Waals surface area contributed by atoms with Crippen molar-refractivity contribution in [1.29, 1.82) is 0 Å². The van der Waals surface area contributed by atoms with Crippen molar-refractivity contribution >= 4 is 56.0 Å². The molecular weight excluding hydrogens is 542 g/mol. The number of hydrogen-bond donors (Lipinski definition) is 4. The minimum atomic E-state index is -0.720. The lowest BCUT2D eigenvalue weighted by atomic mass is 10.1. The Balaban J connectivity index is 1.85. The lowest BCUT2D eigenvalue weighted by Gasteiger charge is -2.10. The third-order valence-electron chi connectivity index (χ3n) is 4.19. The van der Waals surface area contributed by atoms with E-state index in [-0.39, 0.29) is 17.2 Å². The van der Waals surface area contributed by atoms with Crippen LogP contribution >= 0.6 is 31.9 Å². The molecule has 7 nitrogen and oxygen atoms in total. The van der Waals surface area contributed by atoms with Gasteiger partial charge in [0.2, 0.25) is 0 Å². The van der Waals surface area contributed by atoms with E-state index in [1.807, 2.05) is 0 Å². The highest BCUT2D eigenvalue weighted by atomic mass is 79.9. The van der Waals surface area contributed by atoms with Crippen LogP contribution in [-0.2, 0) is 4.79 Å². The molecule has 0 bridgehead atoms. The number of hydrogen-bond acceptors (Lipinski definition) is 5. The van der Waals surface area contributed by atoms with Crippen LogP contribution in [0.25, 0.3) is 6.08 Å². The second-order valence-corrected chi connectivity index (χ2v) is 8.23. The number of nitrogens with one attached hydrogen (secondary N) is 2. The number of rotatable bonds is 6. The van der Waals surface area contributed by atoms with Crippen LogP contribution in [0.5, 0.6) is 11.5 Å². The maximum absolute atomic E-state index is 12.8. The highest BCUT2D eigenvalue weighted by molar-refractivity contribution is 9.11. The van der Waals surface area contributed by atoms with Gasteiger partial charge in [-0.2, -0.15) is 5.10 Å². The van der Waals surface area contributed by atoms with E-state index in [0.29, 0.717) is 25.6 Å². The summed E-state index contributed by atoms with van der Waals surface area (Å²) >= 11 is 6.54. The number of carbonyl (C=O) groups excluding carboxylic acids is 2. The largest absolute Gasteiger partial charge is 0.507 e. The molecule has 3 aromatic carbocycles. The summed E-state index contributed by atoms with van der Waals surface area (Å²) in [6.07, 6.45) is 2.60. The Morgan fingerprint density at radius 3 is 2.31 bits per heavy atom. The lowest BCUT2D eigenvalue weighted by molar-refractivity contribution is -0.117. The van der Waals surface area contributed by atoms with Crippen molar-refractivity contribution in [2.75, 3.05) is 0 Å². The molecule has 0 atom stereocenters. The zero-order valence-electron chi connectivity index (χ0n) is 16.4. The molecular formula is C23H17Br2N3O4. The molecule has 0 radical (unpaired) electrons. The number of halogens is 2. The summed E-state index contributed by atoms with van der Waals surface area (Å²) in [5, 5.41) is 26.6. The van der Waals surface area contributed by atoms with Crippen LogP contribution in [0.4, 0.5) is 0 Å². The summed E-state index contributed by atoms with van der Waals surface area (Å²) in [6.45, 7) is 0. The van der Waals surface area contributed by atoms with Crippen LogP contribution in [0.1, 0.15) is 21.5 Å². The number of hydrazone groups is 1. The predicted octanol–water partition coefficient (Wildman–Crippen LogP) is 4.54. The number of amides is 2. The molecule has 0 saturated carbocycles. The van der Waals surface area contributed by atoms with Crippen LogP contribution < -0.4 is 10.7 Å². The summed E-state index contributed by atoms with van der Waals surface area (Å²) in [4.78, 5) is 25.3. The van der Waals surface area contributed by atoms with Gasteiger partial charge in [0.1, 0.15) is 17.2 Å². The first-order chi connectivity index (χ1) is 15.3. The first-order valence-electron chi connectivity index (χ1n) is 9.22. The zero-order chi connectivity index (χ0) is 23.1. The van der Waals surface area contributed by atoms with Gasteiger partial charge in [-0.25, -0.2) is 5.43 Å². The summed E-state index contributed by atoms with van der Waals surface area (Å²) in [5.74, 6) is -1.32. The van der Waals surface area contributed by atoms with Gasteiger partial charge in [-0.15, -0.1) is 0 Å². The summed E-state index contributed by atoms with van der Waals surface area (Å²) in [5.41, 5.74) is 3.24. The Bertz CT molecular complexity index is 1210. The van der Waals surface area contributed by atoms with Crippen LogP contribution in [0.2, 0.25) is 0 Å². The molecule has 0 aliphatic heterocycles. The first-order valence-corrected chi connectivity index (χ1v) is 10.8. The first kappa shape index (κ1) is 23.2. The minimum Gasteiger partial charge on any atom is -0.507 e. The van der Waals surface area contributed by atoms with Crippen molar-refractivity contribution in [2.45, 2.75) is 0 Å². The molecule has 0 heterocycles. The van der Waals surface area contributed by atoms with Crippen LogP contribution in [0.15, 0.2) is 86.5 Å². The molecule has 32 heavy (non-hydrogen) atoms. The quantitative estimate of drug-likeness (QED) is 0.202. The van der Waals surface area contributed by atoms with Crippen molar-refractivity contribution in [2.24, 2.45) is 5.10 Å². The number of aromatic hydroxyl groups is 2. The molecule has 3 aromatic rings. The molecule has 9 heteroatoms. The van der Waals surface area contributed by atoms with Gasteiger partial charge in [-0.05, 0) is 52.3 Å². The van der Waals surface area contributed by atoms with Crippen LogP contribution in [0, 0.1) is 0 Å². The van der Waals surface area contributed by atoms with Gasteiger partial charge in [0.25, 0.3) is 11.8 Å². The smallest absolute Gasteiger partial charge is 0.287 e. The van der Waals surface area contributed by atoms with Gasteiger partial charge in [0, 0.05) is 21.2 Å². The SMILES string of the molecule is O=C(N/N=C\c1cc(Br)cc(Br)c1O)/C(=C/c1ccccc1O)NC(=O)c1ccccc1. The van der Waals surface area contributed by atoms with Gasteiger partial charge >= 0.3 is 0 Å². The lowest BCUT2D eigenvalue weighted by Crippen LogP contribution is -2.32. The average Bonchev–Trinajstić information content (AvgIpc) is 2.78. The monoisotopic (exact) mass is 557 g/mol. The van der Waals surface area contributed by atoms with Crippen molar-refractivity contribution in [3.63, 3.8) is 0 Å². The normalized spacial score (nSPS) is 11.4. The van der Waals surface area contributed by atoms with Gasteiger partial charge in [-0.3, -0.25) is 9.59 Å². The maximum Gasteiger partial charge on any atom is 0.287 e. The number of nitrogens with zero attached hydrogens (tertiary/aromatic N) is 1. The van der Waals surface area contributed by atoms with Gasteiger partial charge in [0.05, 0.1) is 10.7 Å². The van der Waals surface area contributed by atoms with E-state index in [1.54, 1.807) is 60.7 Å². The van der Waals surface area contributed by atoms with E-state index < -0.39 is 11.8 Å². The maximum atomic E-state index is 12.8. The summed E-state index contributed by atoms with van der Waals surface area (Å²) < 4.78 is 1.15. The number of phenols is 2. The molecule has 0 aliphatic carbocycles. The van der Waals surface area contributed by atoms with Gasteiger partial charge in [0.15, 0.2) is 0 Å². The second-order valence-electron chi connectivity index (χ2n) is 6.46. The Hall–Kier alpha value is -3.43. The molecule has 0 saturated heterocycles. The molecule has 162 valence electrons. The van der Waals surface area contributed by atoms with E-state index in [4.69, 9.17) is 0 Å². The summed E-state index contributed by atoms with van der Waals surface area (Å²) in [7, 11) is 0. The van der Waals surface area contributed by atoms with E-state index in [9.17, 15) is 19.8 Å². The van der Waals surface area contributed by atoms with Gasteiger partial charge < -0.3 is 15.5 Å². The molecule has 4 N–H and O–H groups in total. The second kappa shape index (κ2) is 10.7. The fourth-order valence-electron chi connectivity index (χ4n) is 2.61. The zero-order valence-corrected chi connectivity index (χ0v) is 19.6. The molecule has 0 unspecified atom stereocenters. The number of para-hydroxylation sites is 1. The van der Waals surface area contributed by atoms with Crippen molar-refractivity contribution in [1.82, 2.24) is 10.7 Å². The Morgan fingerprint density at radius 1 is 0.906 bits per heavy atom. The number of carbonyl (C=O) groups is 2. The molecule has 3 rings (SSSR count). The Labute approximate surface area is 200 Å². The fourth-order valence-corrected chi connectivity index (χ4v) is 3.87. The number of benzene rings is 3. The van der Waals surface area contributed by atoms with E-state index in [0.717, 1.165) is 0 Å². The minimum absolute atomic E-state index is 0.0476. The van der Waals surface area contributed by atoms with Crippen molar-refractivity contribution in [3.8, 4) is 11.5 Å². The molecule has 0 fully saturated rings. The third-order valence-corrected chi connectivity index (χ3v) is 5.26. The van der Waals surface area contributed by atoms with E-state index in [2.05, 4.69) is 47.7 Å². The van der Waals surface area contributed by atoms with Crippen LogP contribution in [-0.4, -0.2) is 28.2 Å². The highest BCUT2D eigenvalue weighted by Gasteiger charge is 2.15. The fraction of sp³-hybridized carbons (Fsp3) is 0. The van der Waals surface area contributed by atoms with E-state index in [1.165, 1.54) is 18.4 Å². The summed E-state index contributed by atoms with van der Waals surface area (Å²) in [6, 6.07) is 18.1. The standard InChI is InChI=1S/C23H17Br2N3O4/c24-17-10-16(21(30)18(25)12-17)13-26-28-23(32)19(11-15-8-4-5-9-20(15)29)27-22(31)14-6-2-1-3-7-14/h1-13,29-30H,(H,27,31)(H,28,32)/b19-11-,26-13-. The topological polar surface area (TPSA) is 111 Å². The average molecular weight is 559 g/mol. The molecule has 0 aliphatic rings. The highest BCUT2D eigenvalue weighted by Crippen LogP contribution is 2.30. The molecule has 0 spiro atoms. The molecule has 0 aromatic heterocycles. The number of phenolic OH excluding ortho intramolecular Hbond substituents is 2. The van der Waals surface area contributed by atoms with E-state index >= 15 is 0 Å². The van der Waals surface area contributed by atoms with Crippen LogP contribution in [0.3, 0.4) is 0 Å². The predicted molar refractivity (Wildman–Crippen MR) is 129 cm³/mol. The Kier molecular flexibility index (Phi) is 7.80. The van der Waals surface area contributed by atoms with Crippen molar-refractivity contribution < 1.29 is 19.8 Å². The van der Waals surface area contributed by atoms with Crippen molar-refractivity contribution in [3.05, 3.63) is 98.1 Å². The Morgan fingerprint density at radius 2 is 1.59 bits per heavy atom.